The van der Waals surface area contributed by atoms with Crippen LogP contribution in [0, 0.1) is 11.8 Å². The van der Waals surface area contributed by atoms with E-state index in [-0.39, 0.29) is 6.10 Å². The van der Waals surface area contributed by atoms with Gasteiger partial charge in [0.2, 0.25) is 0 Å². The van der Waals surface area contributed by atoms with Gasteiger partial charge in [0.05, 0.1) is 6.10 Å². The molecule has 0 aromatic carbocycles. The Labute approximate surface area is 67.9 Å². The van der Waals surface area contributed by atoms with E-state index < -0.39 is 0 Å². The summed E-state index contributed by atoms with van der Waals surface area (Å²) in [5.41, 5.74) is 0. The highest BCUT2D eigenvalue weighted by molar-refractivity contribution is 5.14. The molecule has 1 fully saturated rings. The molecule has 62 valence electrons. The van der Waals surface area contributed by atoms with Crippen molar-refractivity contribution >= 4 is 0 Å². The zero-order valence-electron chi connectivity index (χ0n) is 7.09. The van der Waals surface area contributed by atoms with Gasteiger partial charge in [0.25, 0.3) is 0 Å². The molecule has 0 spiro atoms. The van der Waals surface area contributed by atoms with Crippen LogP contribution in [0.1, 0.15) is 19.8 Å². The van der Waals surface area contributed by atoms with Gasteiger partial charge in [-0.25, -0.2) is 0 Å². The third-order valence-corrected chi connectivity index (χ3v) is 1.62. The molecular formula is C9H14O2. The summed E-state index contributed by atoms with van der Waals surface area (Å²) in [6.07, 6.45) is 2.91. The van der Waals surface area contributed by atoms with Gasteiger partial charge in [-0.15, -0.1) is 0 Å². The van der Waals surface area contributed by atoms with E-state index in [2.05, 4.69) is 18.8 Å². The molecule has 0 N–H and O–H groups in total. The normalized spacial score (nSPS) is 27.5. The van der Waals surface area contributed by atoms with Gasteiger partial charge in [-0.05, 0) is 6.42 Å². The van der Waals surface area contributed by atoms with Gasteiger partial charge in [0, 0.05) is 7.11 Å². The summed E-state index contributed by atoms with van der Waals surface area (Å²) in [5, 5.41) is 0. The number of hydrogen-bond donors (Lipinski definition) is 0. The molecule has 2 nitrogen and oxygen atoms in total. The maximum Gasteiger partial charge on any atom is 0.144 e. The van der Waals surface area contributed by atoms with Crippen LogP contribution in [0.4, 0.5) is 0 Å². The third-order valence-electron chi connectivity index (χ3n) is 1.62. The van der Waals surface area contributed by atoms with Crippen LogP contribution in [0.3, 0.4) is 0 Å². The molecule has 1 aliphatic rings. The summed E-state index contributed by atoms with van der Waals surface area (Å²) < 4.78 is 10.1. The summed E-state index contributed by atoms with van der Waals surface area (Å²) in [6, 6.07) is 0. The third kappa shape index (κ3) is 2.92. The quantitative estimate of drug-likeness (QED) is 0.450. The van der Waals surface area contributed by atoms with Crippen molar-refractivity contribution in [2.75, 3.05) is 13.7 Å². The molecule has 0 unspecified atom stereocenters. The summed E-state index contributed by atoms with van der Waals surface area (Å²) in [5.74, 6) is 5.88. The largest absolute Gasteiger partial charge is 0.372 e. The standard InChI is InChI=1S/C9H14O2/c1-3-5-8-9(11-8)6-4-7-10-2/h8-9H,3,5,7H2,1-2H3/t8-,9-/m1/s1. The summed E-state index contributed by atoms with van der Waals surface area (Å²) in [7, 11) is 1.64. The van der Waals surface area contributed by atoms with Crippen LogP contribution in [0.15, 0.2) is 0 Å². The average molecular weight is 154 g/mol. The molecule has 2 atom stereocenters. The number of rotatable bonds is 3. The zero-order valence-corrected chi connectivity index (χ0v) is 7.09. The SMILES string of the molecule is CCC[C@H]1O[C@@H]1C#CCOC. The molecule has 0 saturated carbocycles. The van der Waals surface area contributed by atoms with E-state index >= 15 is 0 Å². The van der Waals surface area contributed by atoms with Crippen molar-refractivity contribution < 1.29 is 9.47 Å². The summed E-state index contributed by atoms with van der Waals surface area (Å²) >= 11 is 0. The van der Waals surface area contributed by atoms with Gasteiger partial charge < -0.3 is 9.47 Å². The maximum atomic E-state index is 5.27. The van der Waals surface area contributed by atoms with Gasteiger partial charge in [-0.1, -0.05) is 25.2 Å². The fourth-order valence-corrected chi connectivity index (χ4v) is 0.988. The molecule has 0 radical (unpaired) electrons. The van der Waals surface area contributed by atoms with Crippen molar-refractivity contribution in [3.05, 3.63) is 0 Å². The Morgan fingerprint density at radius 1 is 1.55 bits per heavy atom. The Bertz CT molecular complexity index is 166. The van der Waals surface area contributed by atoms with Gasteiger partial charge in [-0.3, -0.25) is 0 Å². The van der Waals surface area contributed by atoms with Crippen molar-refractivity contribution in [3.8, 4) is 11.8 Å². The van der Waals surface area contributed by atoms with E-state index in [1.807, 2.05) is 0 Å². The van der Waals surface area contributed by atoms with Crippen molar-refractivity contribution in [2.45, 2.75) is 32.0 Å². The Morgan fingerprint density at radius 3 is 3.00 bits per heavy atom. The van der Waals surface area contributed by atoms with Gasteiger partial charge in [0.1, 0.15) is 12.7 Å². The molecule has 0 aromatic heterocycles. The Balaban J connectivity index is 2.09. The van der Waals surface area contributed by atoms with Crippen LogP contribution in [-0.4, -0.2) is 25.9 Å². The monoisotopic (exact) mass is 154 g/mol. The van der Waals surface area contributed by atoms with Gasteiger partial charge >= 0.3 is 0 Å². The van der Waals surface area contributed by atoms with Crippen LogP contribution in [-0.2, 0) is 9.47 Å². The predicted octanol–water partition coefficient (Wildman–Crippen LogP) is 1.20. The number of hydrogen-bond acceptors (Lipinski definition) is 2. The van der Waals surface area contributed by atoms with E-state index in [1.54, 1.807) is 7.11 Å². The second-order valence-electron chi connectivity index (χ2n) is 2.64. The minimum absolute atomic E-state index is 0.199. The minimum Gasteiger partial charge on any atom is -0.372 e. The first-order chi connectivity index (χ1) is 5.38. The molecule has 1 heterocycles. The van der Waals surface area contributed by atoms with E-state index in [9.17, 15) is 0 Å². The molecular weight excluding hydrogens is 140 g/mol. The van der Waals surface area contributed by atoms with Gasteiger partial charge in [0.15, 0.2) is 0 Å². The van der Waals surface area contributed by atoms with E-state index in [0.717, 1.165) is 6.42 Å². The second-order valence-corrected chi connectivity index (χ2v) is 2.64. The molecule has 0 aromatic rings. The lowest BCUT2D eigenvalue weighted by Gasteiger charge is -1.83. The van der Waals surface area contributed by atoms with Gasteiger partial charge in [-0.2, -0.15) is 0 Å². The predicted molar refractivity (Wildman–Crippen MR) is 43.2 cm³/mol. The average Bonchev–Trinajstić information content (AvgIpc) is 2.70. The smallest absolute Gasteiger partial charge is 0.144 e. The van der Waals surface area contributed by atoms with Crippen molar-refractivity contribution in [3.63, 3.8) is 0 Å². The highest BCUT2D eigenvalue weighted by Gasteiger charge is 2.35. The minimum atomic E-state index is 0.199. The molecule has 1 saturated heterocycles. The number of epoxide rings is 1. The van der Waals surface area contributed by atoms with Crippen molar-refractivity contribution in [1.29, 1.82) is 0 Å². The van der Waals surface area contributed by atoms with Crippen LogP contribution >= 0.6 is 0 Å². The number of methoxy groups -OCH3 is 1. The van der Waals surface area contributed by atoms with Crippen LogP contribution in [0.25, 0.3) is 0 Å². The van der Waals surface area contributed by atoms with Crippen LogP contribution in [0.5, 0.6) is 0 Å². The molecule has 0 aliphatic carbocycles. The second kappa shape index (κ2) is 4.38. The van der Waals surface area contributed by atoms with E-state index in [1.165, 1.54) is 6.42 Å². The van der Waals surface area contributed by atoms with Crippen molar-refractivity contribution in [1.82, 2.24) is 0 Å². The van der Waals surface area contributed by atoms with E-state index in [4.69, 9.17) is 9.47 Å². The Hall–Kier alpha value is -0.520. The topological polar surface area (TPSA) is 21.8 Å². The Morgan fingerprint density at radius 2 is 2.36 bits per heavy atom. The van der Waals surface area contributed by atoms with Crippen molar-refractivity contribution in [2.24, 2.45) is 0 Å². The Kier molecular flexibility index (Phi) is 3.41. The first-order valence-corrected chi connectivity index (χ1v) is 4.01. The summed E-state index contributed by atoms with van der Waals surface area (Å²) in [4.78, 5) is 0. The number of ether oxygens (including phenoxy) is 2. The fourth-order valence-electron chi connectivity index (χ4n) is 0.988. The first kappa shape index (κ1) is 8.58. The molecule has 0 amide bonds. The zero-order chi connectivity index (χ0) is 8.10. The molecule has 2 heteroatoms. The maximum absolute atomic E-state index is 5.27. The van der Waals surface area contributed by atoms with Crippen LogP contribution < -0.4 is 0 Å². The molecule has 1 rings (SSSR count). The van der Waals surface area contributed by atoms with E-state index in [0.29, 0.717) is 12.7 Å². The highest BCUT2D eigenvalue weighted by atomic mass is 16.6. The lowest BCUT2D eigenvalue weighted by atomic mass is 10.2. The lowest BCUT2D eigenvalue weighted by Crippen LogP contribution is -1.90. The molecule has 1 aliphatic heterocycles. The lowest BCUT2D eigenvalue weighted by molar-refractivity contribution is 0.239. The van der Waals surface area contributed by atoms with Crippen LogP contribution in [0.2, 0.25) is 0 Å². The summed E-state index contributed by atoms with van der Waals surface area (Å²) in [6.45, 7) is 2.67. The highest BCUT2D eigenvalue weighted by Crippen LogP contribution is 2.25. The first-order valence-electron chi connectivity index (χ1n) is 4.01. The molecule has 11 heavy (non-hydrogen) atoms. The molecule has 0 bridgehead atoms. The fraction of sp³-hybridized carbons (Fsp3) is 0.778.